The standard InChI is InChI=1S/C14H12F2N2S/c15-10-3-1-2-9(6-10)8-18-13-5-4-11(16)7-12(13)14(17)19/h1-7,18H,8H2,(H2,17,19). The van der Waals surface area contributed by atoms with Crippen molar-refractivity contribution in [2.45, 2.75) is 6.54 Å². The Hall–Kier alpha value is -2.01. The van der Waals surface area contributed by atoms with E-state index in [1.807, 2.05) is 0 Å². The molecule has 2 nitrogen and oxygen atoms in total. The number of nitrogens with two attached hydrogens (primary N) is 1. The lowest BCUT2D eigenvalue weighted by Crippen LogP contribution is -2.13. The smallest absolute Gasteiger partial charge is 0.124 e. The molecule has 0 fully saturated rings. The molecule has 2 rings (SSSR count). The Morgan fingerprint density at radius 3 is 2.53 bits per heavy atom. The number of thiocarbonyl (C=S) groups is 1. The highest BCUT2D eigenvalue weighted by Gasteiger charge is 2.06. The molecule has 0 saturated carbocycles. The fourth-order valence-electron chi connectivity index (χ4n) is 1.72. The highest BCUT2D eigenvalue weighted by atomic mass is 32.1. The van der Waals surface area contributed by atoms with Crippen LogP contribution < -0.4 is 11.1 Å². The quantitative estimate of drug-likeness (QED) is 0.843. The van der Waals surface area contributed by atoms with Crippen LogP contribution in [0.2, 0.25) is 0 Å². The van der Waals surface area contributed by atoms with E-state index in [2.05, 4.69) is 5.32 Å². The van der Waals surface area contributed by atoms with Gasteiger partial charge >= 0.3 is 0 Å². The summed E-state index contributed by atoms with van der Waals surface area (Å²) in [5.41, 5.74) is 7.38. The zero-order valence-electron chi connectivity index (χ0n) is 9.99. The average Bonchev–Trinajstić information content (AvgIpc) is 2.37. The predicted molar refractivity (Wildman–Crippen MR) is 76.0 cm³/mol. The minimum absolute atomic E-state index is 0.112. The fourth-order valence-corrected chi connectivity index (χ4v) is 1.89. The molecule has 3 N–H and O–H groups in total. The van der Waals surface area contributed by atoms with Gasteiger partial charge in [0.25, 0.3) is 0 Å². The van der Waals surface area contributed by atoms with Crippen LogP contribution in [0.25, 0.3) is 0 Å². The molecular weight excluding hydrogens is 266 g/mol. The zero-order valence-corrected chi connectivity index (χ0v) is 10.8. The van der Waals surface area contributed by atoms with E-state index in [0.29, 0.717) is 17.8 Å². The van der Waals surface area contributed by atoms with Gasteiger partial charge in [0.2, 0.25) is 0 Å². The average molecular weight is 278 g/mol. The molecule has 2 aromatic carbocycles. The van der Waals surface area contributed by atoms with E-state index in [1.165, 1.54) is 24.3 Å². The van der Waals surface area contributed by atoms with Gasteiger partial charge < -0.3 is 11.1 Å². The molecule has 0 saturated heterocycles. The fraction of sp³-hybridized carbons (Fsp3) is 0.0714. The van der Waals surface area contributed by atoms with Gasteiger partial charge in [-0.05, 0) is 35.9 Å². The molecule has 0 aromatic heterocycles. The second-order valence-corrected chi connectivity index (χ2v) is 4.48. The van der Waals surface area contributed by atoms with Crippen molar-refractivity contribution in [3.63, 3.8) is 0 Å². The Morgan fingerprint density at radius 2 is 1.84 bits per heavy atom. The summed E-state index contributed by atoms with van der Waals surface area (Å²) in [5, 5.41) is 3.06. The lowest BCUT2D eigenvalue weighted by molar-refractivity contribution is 0.626. The van der Waals surface area contributed by atoms with Crippen molar-refractivity contribution < 1.29 is 8.78 Å². The van der Waals surface area contributed by atoms with Crippen LogP contribution in [-0.2, 0) is 6.54 Å². The Morgan fingerprint density at radius 1 is 1.11 bits per heavy atom. The van der Waals surface area contributed by atoms with Crippen LogP contribution in [0.3, 0.4) is 0 Å². The summed E-state index contributed by atoms with van der Waals surface area (Å²) in [4.78, 5) is 0.112. The number of hydrogen-bond acceptors (Lipinski definition) is 2. The molecular formula is C14H12F2N2S. The highest BCUT2D eigenvalue weighted by molar-refractivity contribution is 7.80. The largest absolute Gasteiger partial charge is 0.389 e. The van der Waals surface area contributed by atoms with Crippen LogP contribution in [0.1, 0.15) is 11.1 Å². The lowest BCUT2D eigenvalue weighted by atomic mass is 10.1. The SMILES string of the molecule is NC(=S)c1cc(F)ccc1NCc1cccc(F)c1. The van der Waals surface area contributed by atoms with Gasteiger partial charge in [0.05, 0.1) is 0 Å². The first-order valence-electron chi connectivity index (χ1n) is 5.64. The topological polar surface area (TPSA) is 38.0 Å². The van der Waals surface area contributed by atoms with E-state index >= 15 is 0 Å². The summed E-state index contributed by atoms with van der Waals surface area (Å²) in [5.74, 6) is -0.702. The van der Waals surface area contributed by atoms with E-state index in [-0.39, 0.29) is 10.8 Å². The third-order valence-corrected chi connectivity index (χ3v) is 2.84. The number of hydrogen-bond donors (Lipinski definition) is 2. The van der Waals surface area contributed by atoms with Gasteiger partial charge in [0.15, 0.2) is 0 Å². The van der Waals surface area contributed by atoms with Crippen LogP contribution in [0.15, 0.2) is 42.5 Å². The van der Waals surface area contributed by atoms with Gasteiger partial charge in [0, 0.05) is 17.8 Å². The summed E-state index contributed by atoms with van der Waals surface area (Å²) < 4.78 is 26.2. The van der Waals surface area contributed by atoms with E-state index in [4.69, 9.17) is 18.0 Å². The molecule has 0 unspecified atom stereocenters. The third kappa shape index (κ3) is 3.48. The summed E-state index contributed by atoms with van der Waals surface area (Å²) in [6, 6.07) is 10.4. The molecule has 0 aliphatic rings. The lowest BCUT2D eigenvalue weighted by Gasteiger charge is -2.11. The maximum atomic E-state index is 13.1. The zero-order chi connectivity index (χ0) is 13.8. The molecule has 0 amide bonds. The van der Waals surface area contributed by atoms with Crippen molar-refractivity contribution in [1.29, 1.82) is 0 Å². The molecule has 0 atom stereocenters. The Balaban J connectivity index is 2.17. The van der Waals surface area contributed by atoms with Gasteiger partial charge in [-0.2, -0.15) is 0 Å². The van der Waals surface area contributed by atoms with Crippen LogP contribution >= 0.6 is 12.2 Å². The Kier molecular flexibility index (Phi) is 4.06. The molecule has 0 aliphatic heterocycles. The second kappa shape index (κ2) is 5.75. The van der Waals surface area contributed by atoms with Crippen LogP contribution in [0, 0.1) is 11.6 Å². The number of anilines is 1. The molecule has 0 radical (unpaired) electrons. The Bertz CT molecular complexity index is 614. The van der Waals surface area contributed by atoms with E-state index in [1.54, 1.807) is 18.2 Å². The summed E-state index contributed by atoms with van der Waals surface area (Å²) >= 11 is 4.87. The first-order valence-corrected chi connectivity index (χ1v) is 6.05. The van der Waals surface area contributed by atoms with Gasteiger partial charge in [-0.15, -0.1) is 0 Å². The normalized spacial score (nSPS) is 10.2. The maximum Gasteiger partial charge on any atom is 0.124 e. The van der Waals surface area contributed by atoms with Crippen molar-refractivity contribution in [1.82, 2.24) is 0 Å². The number of benzene rings is 2. The summed E-state index contributed by atoms with van der Waals surface area (Å²) in [7, 11) is 0. The number of rotatable bonds is 4. The van der Waals surface area contributed by atoms with Crippen LogP contribution in [0.5, 0.6) is 0 Å². The van der Waals surface area contributed by atoms with Crippen LogP contribution in [0.4, 0.5) is 14.5 Å². The minimum atomic E-state index is -0.404. The minimum Gasteiger partial charge on any atom is -0.389 e. The maximum absolute atomic E-state index is 13.1. The molecule has 0 heterocycles. The van der Waals surface area contributed by atoms with Crippen molar-refractivity contribution in [3.05, 3.63) is 65.2 Å². The molecule has 0 bridgehead atoms. The monoisotopic (exact) mass is 278 g/mol. The highest BCUT2D eigenvalue weighted by Crippen LogP contribution is 2.18. The number of halogens is 2. The third-order valence-electron chi connectivity index (χ3n) is 2.62. The van der Waals surface area contributed by atoms with Crippen molar-refractivity contribution in [2.24, 2.45) is 5.73 Å². The first kappa shape index (κ1) is 13.4. The summed E-state index contributed by atoms with van der Waals surface area (Å²) in [6.45, 7) is 0.402. The molecule has 2 aromatic rings. The van der Waals surface area contributed by atoms with Crippen molar-refractivity contribution >= 4 is 22.9 Å². The van der Waals surface area contributed by atoms with Gasteiger partial charge in [-0.1, -0.05) is 24.4 Å². The molecule has 19 heavy (non-hydrogen) atoms. The van der Waals surface area contributed by atoms with Crippen molar-refractivity contribution in [2.75, 3.05) is 5.32 Å². The van der Waals surface area contributed by atoms with Gasteiger partial charge in [0.1, 0.15) is 16.6 Å². The van der Waals surface area contributed by atoms with E-state index in [0.717, 1.165) is 5.56 Å². The predicted octanol–water partition coefficient (Wildman–Crippen LogP) is 3.21. The Labute approximate surface area is 115 Å². The first-order chi connectivity index (χ1) is 9.06. The molecule has 98 valence electrons. The molecule has 0 spiro atoms. The molecule has 0 aliphatic carbocycles. The van der Waals surface area contributed by atoms with Gasteiger partial charge in [-0.3, -0.25) is 0 Å². The number of nitrogens with one attached hydrogen (secondary N) is 1. The van der Waals surface area contributed by atoms with E-state index < -0.39 is 5.82 Å². The van der Waals surface area contributed by atoms with Crippen LogP contribution in [-0.4, -0.2) is 4.99 Å². The summed E-state index contributed by atoms with van der Waals surface area (Å²) in [6.07, 6.45) is 0. The van der Waals surface area contributed by atoms with Gasteiger partial charge in [-0.25, -0.2) is 8.78 Å². The van der Waals surface area contributed by atoms with E-state index in [9.17, 15) is 8.78 Å². The molecule has 5 heteroatoms. The second-order valence-electron chi connectivity index (χ2n) is 4.04. The van der Waals surface area contributed by atoms with Crippen molar-refractivity contribution in [3.8, 4) is 0 Å².